The van der Waals surface area contributed by atoms with E-state index >= 15 is 0 Å². The zero-order valence-electron chi connectivity index (χ0n) is 10.7. The lowest BCUT2D eigenvalue weighted by molar-refractivity contribution is 0.564. The molecule has 0 fully saturated rings. The van der Waals surface area contributed by atoms with Crippen LogP contribution in [0.15, 0.2) is 42.2 Å². The van der Waals surface area contributed by atoms with Gasteiger partial charge in [0.1, 0.15) is 0 Å². The maximum absolute atomic E-state index is 2.45. The molecule has 2 heteroatoms. The molecule has 0 spiro atoms. The first kappa shape index (κ1) is 13.0. The van der Waals surface area contributed by atoms with Crippen LogP contribution in [-0.2, 0) is 0 Å². The van der Waals surface area contributed by atoms with Crippen molar-refractivity contribution in [2.24, 2.45) is 0 Å². The molecule has 16 heavy (non-hydrogen) atoms. The quantitative estimate of drug-likeness (QED) is 0.683. The summed E-state index contributed by atoms with van der Waals surface area (Å²) >= 11 is 0. The van der Waals surface area contributed by atoms with Crippen molar-refractivity contribution in [1.29, 1.82) is 0 Å². The molecular formula is C14H23NSi. The van der Waals surface area contributed by atoms with E-state index in [1.807, 2.05) is 0 Å². The van der Waals surface area contributed by atoms with E-state index in [0.29, 0.717) is 0 Å². The van der Waals surface area contributed by atoms with Gasteiger partial charge in [0, 0.05) is 14.1 Å². The minimum absolute atomic E-state index is 0.888. The predicted molar refractivity (Wildman–Crippen MR) is 75.8 cm³/mol. The summed E-state index contributed by atoms with van der Waals surface area (Å²) in [7, 11) is 3.29. The van der Waals surface area contributed by atoms with E-state index < -0.39 is 8.80 Å². The van der Waals surface area contributed by atoms with Crippen LogP contribution in [0.5, 0.6) is 0 Å². The fourth-order valence-electron chi connectivity index (χ4n) is 1.77. The second-order valence-electron chi connectivity index (χ2n) is 4.46. The van der Waals surface area contributed by atoms with E-state index in [1.165, 1.54) is 18.9 Å². The normalized spacial score (nSPS) is 12.9. The molecule has 0 heterocycles. The maximum Gasteiger partial charge on any atom is 0.0958 e. The van der Waals surface area contributed by atoms with Gasteiger partial charge in [0.15, 0.2) is 0 Å². The van der Waals surface area contributed by atoms with Crippen LogP contribution in [0, 0.1) is 0 Å². The summed E-state index contributed by atoms with van der Waals surface area (Å²) in [5.41, 5.74) is 2.45. The molecule has 0 aliphatic rings. The Labute approximate surface area is 101 Å². The first-order valence-corrected chi connectivity index (χ1v) is 8.19. The molecule has 88 valence electrons. The van der Waals surface area contributed by atoms with Crippen LogP contribution in [-0.4, -0.2) is 27.8 Å². The number of hydrogen-bond acceptors (Lipinski definition) is 1. The van der Waals surface area contributed by atoms with Gasteiger partial charge in [0.2, 0.25) is 0 Å². The van der Waals surface area contributed by atoms with E-state index in [2.05, 4.69) is 68.2 Å². The maximum atomic E-state index is 2.45. The third kappa shape index (κ3) is 4.66. The highest BCUT2D eigenvalue weighted by Crippen LogP contribution is 2.04. The van der Waals surface area contributed by atoms with Crippen LogP contribution in [0.1, 0.15) is 19.8 Å². The second kappa shape index (κ2) is 7.28. The minimum atomic E-state index is -0.888. The fourth-order valence-corrected chi connectivity index (χ4v) is 4.64. The molecule has 0 saturated carbocycles. The van der Waals surface area contributed by atoms with Crippen molar-refractivity contribution in [2.45, 2.75) is 25.8 Å². The minimum Gasteiger partial charge on any atom is -0.384 e. The molecule has 1 rings (SSSR count). The van der Waals surface area contributed by atoms with Gasteiger partial charge in [-0.25, -0.2) is 0 Å². The van der Waals surface area contributed by atoms with E-state index in [1.54, 1.807) is 5.19 Å². The largest absolute Gasteiger partial charge is 0.384 e. The Kier molecular flexibility index (Phi) is 5.94. The Balaban J connectivity index is 2.71. The van der Waals surface area contributed by atoms with Gasteiger partial charge in [-0.05, 0) is 6.20 Å². The Bertz CT molecular complexity index is 306. The molecule has 0 amide bonds. The number of hydrogen-bond donors (Lipinski definition) is 0. The lowest BCUT2D eigenvalue weighted by Gasteiger charge is -2.12. The molecule has 0 N–H and O–H groups in total. The summed E-state index contributed by atoms with van der Waals surface area (Å²) in [5, 5.41) is 1.56. The number of rotatable bonds is 6. The van der Waals surface area contributed by atoms with Crippen molar-refractivity contribution < 1.29 is 0 Å². The van der Waals surface area contributed by atoms with Gasteiger partial charge in [-0.1, -0.05) is 67.0 Å². The Morgan fingerprint density at radius 3 is 2.44 bits per heavy atom. The third-order valence-corrected chi connectivity index (χ3v) is 5.62. The molecule has 0 bridgehead atoms. The van der Waals surface area contributed by atoms with Crippen molar-refractivity contribution in [1.82, 2.24) is 4.90 Å². The van der Waals surface area contributed by atoms with Crippen molar-refractivity contribution in [3.63, 3.8) is 0 Å². The highest BCUT2D eigenvalue weighted by molar-refractivity contribution is 6.77. The van der Waals surface area contributed by atoms with Gasteiger partial charge < -0.3 is 4.90 Å². The van der Waals surface area contributed by atoms with Gasteiger partial charge in [-0.15, -0.1) is 0 Å². The van der Waals surface area contributed by atoms with Gasteiger partial charge in [0.05, 0.1) is 8.80 Å². The van der Waals surface area contributed by atoms with E-state index in [4.69, 9.17) is 0 Å². The summed E-state index contributed by atoms with van der Waals surface area (Å²) in [4.78, 5) is 2.13. The van der Waals surface area contributed by atoms with E-state index in [0.717, 1.165) is 0 Å². The molecule has 0 saturated heterocycles. The van der Waals surface area contributed by atoms with Gasteiger partial charge >= 0.3 is 0 Å². The monoisotopic (exact) mass is 233 g/mol. The standard InChI is InChI=1S/C14H23NSi/c1-4-5-12-16(13-11-15(2)3)14-9-7-6-8-10-14/h6-11,13,16H,4-5,12H2,1-3H3. The fraction of sp³-hybridized carbons (Fsp3) is 0.429. The molecule has 0 radical (unpaired) electrons. The van der Waals surface area contributed by atoms with Crippen LogP contribution in [0.2, 0.25) is 6.04 Å². The topological polar surface area (TPSA) is 3.24 Å². The lowest BCUT2D eigenvalue weighted by Crippen LogP contribution is -2.28. The number of nitrogens with zero attached hydrogens (tertiary/aromatic N) is 1. The summed E-state index contributed by atoms with van der Waals surface area (Å²) < 4.78 is 0. The summed E-state index contributed by atoms with van der Waals surface area (Å²) in [6, 6.07) is 12.4. The van der Waals surface area contributed by atoms with Crippen LogP contribution in [0.3, 0.4) is 0 Å². The Hall–Kier alpha value is -1.02. The van der Waals surface area contributed by atoms with Crippen molar-refractivity contribution in [3.05, 3.63) is 42.2 Å². The molecule has 1 aromatic rings. The first-order valence-electron chi connectivity index (χ1n) is 6.13. The second-order valence-corrected chi connectivity index (χ2v) is 7.31. The number of unbranched alkanes of at least 4 members (excludes halogenated alkanes) is 1. The van der Waals surface area contributed by atoms with Crippen molar-refractivity contribution >= 4 is 14.0 Å². The van der Waals surface area contributed by atoms with Gasteiger partial charge in [-0.3, -0.25) is 0 Å². The van der Waals surface area contributed by atoms with E-state index in [-0.39, 0.29) is 0 Å². The van der Waals surface area contributed by atoms with Gasteiger partial charge in [0.25, 0.3) is 0 Å². The Morgan fingerprint density at radius 1 is 1.19 bits per heavy atom. The van der Waals surface area contributed by atoms with Crippen LogP contribution < -0.4 is 5.19 Å². The molecular weight excluding hydrogens is 210 g/mol. The lowest BCUT2D eigenvalue weighted by atomic mass is 10.4. The molecule has 1 nitrogen and oxygen atoms in total. The summed E-state index contributed by atoms with van der Waals surface area (Å²) in [6.45, 7) is 2.27. The average Bonchev–Trinajstić information content (AvgIpc) is 2.30. The molecule has 1 atom stereocenters. The zero-order chi connectivity index (χ0) is 11.8. The molecule has 1 unspecified atom stereocenters. The molecule has 0 aliphatic heterocycles. The van der Waals surface area contributed by atoms with Gasteiger partial charge in [-0.2, -0.15) is 0 Å². The smallest absolute Gasteiger partial charge is 0.0958 e. The van der Waals surface area contributed by atoms with Crippen LogP contribution in [0.25, 0.3) is 0 Å². The molecule has 1 aromatic carbocycles. The Morgan fingerprint density at radius 2 is 1.88 bits per heavy atom. The SMILES string of the molecule is CCCC[SiH](C=CN(C)C)c1ccccc1. The first-order chi connectivity index (χ1) is 7.74. The van der Waals surface area contributed by atoms with Crippen LogP contribution in [0.4, 0.5) is 0 Å². The third-order valence-electron chi connectivity index (χ3n) is 2.71. The highest BCUT2D eigenvalue weighted by Gasteiger charge is 2.08. The van der Waals surface area contributed by atoms with Crippen molar-refractivity contribution in [3.8, 4) is 0 Å². The van der Waals surface area contributed by atoms with Crippen molar-refractivity contribution in [2.75, 3.05) is 14.1 Å². The summed E-state index contributed by atoms with van der Waals surface area (Å²) in [5.74, 6) is 0. The predicted octanol–water partition coefficient (Wildman–Crippen LogP) is 2.54. The highest BCUT2D eigenvalue weighted by atomic mass is 28.3. The average molecular weight is 233 g/mol. The number of benzene rings is 1. The zero-order valence-corrected chi connectivity index (χ0v) is 11.8. The summed E-state index contributed by atoms with van der Waals surface area (Å²) in [6.07, 6.45) is 4.87. The van der Waals surface area contributed by atoms with Crippen LogP contribution >= 0.6 is 0 Å². The van der Waals surface area contributed by atoms with E-state index in [9.17, 15) is 0 Å². The molecule has 0 aromatic heterocycles. The molecule has 0 aliphatic carbocycles.